The Morgan fingerprint density at radius 1 is 1.10 bits per heavy atom. The fourth-order valence-electron chi connectivity index (χ4n) is 4.57. The second kappa shape index (κ2) is 9.22. The van der Waals surface area contributed by atoms with Crippen LogP contribution >= 0.6 is 11.8 Å². The molecule has 2 aromatic carbocycles. The molecule has 0 aromatic heterocycles. The average molecular weight is 441 g/mol. The summed E-state index contributed by atoms with van der Waals surface area (Å²) in [6.45, 7) is 1.13. The maximum absolute atomic E-state index is 13.5. The topological polar surface area (TPSA) is 59.1 Å². The molecule has 0 radical (unpaired) electrons. The minimum absolute atomic E-state index is 0.00743. The number of benzene rings is 2. The maximum Gasteiger partial charge on any atom is 0.228 e. The molecule has 2 aliphatic heterocycles. The first kappa shape index (κ1) is 21.6. The van der Waals surface area contributed by atoms with Gasteiger partial charge in [-0.05, 0) is 55.5 Å². The Balaban J connectivity index is 1.52. The van der Waals surface area contributed by atoms with Gasteiger partial charge in [0.15, 0.2) is 0 Å². The Morgan fingerprint density at radius 3 is 2.55 bits per heavy atom. The van der Waals surface area contributed by atoms with E-state index in [4.69, 9.17) is 9.47 Å². The van der Waals surface area contributed by atoms with E-state index in [2.05, 4.69) is 0 Å². The molecule has 164 valence electrons. The third-order valence-corrected chi connectivity index (χ3v) is 6.94. The highest BCUT2D eigenvalue weighted by Crippen LogP contribution is 2.40. The van der Waals surface area contributed by atoms with Crippen molar-refractivity contribution in [3.05, 3.63) is 48.0 Å². The third kappa shape index (κ3) is 4.24. The summed E-state index contributed by atoms with van der Waals surface area (Å²) in [5.74, 6) is 1.19. The van der Waals surface area contributed by atoms with E-state index in [0.29, 0.717) is 13.1 Å². The van der Waals surface area contributed by atoms with Gasteiger partial charge in [-0.25, -0.2) is 0 Å². The van der Waals surface area contributed by atoms with Crippen molar-refractivity contribution >= 4 is 29.3 Å². The first-order valence-electron chi connectivity index (χ1n) is 10.5. The van der Waals surface area contributed by atoms with Crippen LogP contribution in [0.5, 0.6) is 11.5 Å². The Morgan fingerprint density at radius 2 is 1.87 bits per heavy atom. The van der Waals surface area contributed by atoms with Crippen molar-refractivity contribution < 1.29 is 19.1 Å². The predicted octanol–water partition coefficient (Wildman–Crippen LogP) is 4.14. The van der Waals surface area contributed by atoms with Gasteiger partial charge in [0.25, 0.3) is 0 Å². The number of hydrogen-bond donors (Lipinski definition) is 0. The smallest absolute Gasteiger partial charge is 0.228 e. The number of nitrogens with zero attached hydrogens (tertiary/aromatic N) is 2. The van der Waals surface area contributed by atoms with Gasteiger partial charge in [-0.1, -0.05) is 0 Å². The molecule has 2 fully saturated rings. The minimum atomic E-state index is -0.322. The zero-order valence-electron chi connectivity index (χ0n) is 18.2. The zero-order chi connectivity index (χ0) is 22.0. The number of hydrogen-bond acceptors (Lipinski definition) is 5. The molecular weight excluding hydrogens is 412 g/mol. The van der Waals surface area contributed by atoms with E-state index < -0.39 is 0 Å². The van der Waals surface area contributed by atoms with Gasteiger partial charge in [0.1, 0.15) is 11.5 Å². The van der Waals surface area contributed by atoms with Crippen molar-refractivity contribution in [3.8, 4) is 11.5 Å². The van der Waals surface area contributed by atoms with Gasteiger partial charge < -0.3 is 19.3 Å². The molecule has 7 heteroatoms. The summed E-state index contributed by atoms with van der Waals surface area (Å²) < 4.78 is 10.9. The standard InChI is InChI=1S/C24H28N2O4S/c1-29-18-8-11-20(22(14-18)30-2)21-5-4-12-25(21)24(28)16-13-23(27)26(15-16)17-6-9-19(31-3)10-7-17/h6-11,14,16,21H,4-5,12-13,15H2,1-3H3. The molecule has 0 saturated carbocycles. The highest BCUT2D eigenvalue weighted by Gasteiger charge is 2.41. The number of methoxy groups -OCH3 is 2. The van der Waals surface area contributed by atoms with Crippen molar-refractivity contribution in [2.24, 2.45) is 5.92 Å². The fourth-order valence-corrected chi connectivity index (χ4v) is 4.98. The molecule has 4 rings (SSSR count). The van der Waals surface area contributed by atoms with E-state index in [-0.39, 0.29) is 30.2 Å². The highest BCUT2D eigenvalue weighted by atomic mass is 32.2. The summed E-state index contributed by atoms with van der Waals surface area (Å²) in [5.41, 5.74) is 1.84. The number of carbonyl (C=O) groups excluding carboxylic acids is 2. The number of likely N-dealkylation sites (tertiary alicyclic amines) is 1. The van der Waals surface area contributed by atoms with Crippen LogP contribution in [0.25, 0.3) is 0 Å². The molecule has 2 unspecified atom stereocenters. The molecule has 2 aliphatic rings. The third-order valence-electron chi connectivity index (χ3n) is 6.19. The molecule has 2 amide bonds. The monoisotopic (exact) mass is 440 g/mol. The van der Waals surface area contributed by atoms with Crippen LogP contribution < -0.4 is 14.4 Å². The Labute approximate surface area is 187 Å². The van der Waals surface area contributed by atoms with Crippen molar-refractivity contribution in [2.75, 3.05) is 38.5 Å². The van der Waals surface area contributed by atoms with Crippen LogP contribution in [0, 0.1) is 5.92 Å². The van der Waals surface area contributed by atoms with Gasteiger partial charge in [-0.2, -0.15) is 0 Å². The number of carbonyl (C=O) groups is 2. The molecule has 6 nitrogen and oxygen atoms in total. The van der Waals surface area contributed by atoms with Crippen LogP contribution in [0.2, 0.25) is 0 Å². The molecule has 0 spiro atoms. The number of anilines is 1. The normalized spacial score (nSPS) is 20.9. The molecule has 31 heavy (non-hydrogen) atoms. The molecular formula is C24H28N2O4S. The SMILES string of the molecule is COc1ccc(C2CCCN2C(=O)C2CC(=O)N(c3ccc(SC)cc3)C2)c(OC)c1. The summed E-state index contributed by atoms with van der Waals surface area (Å²) >= 11 is 1.66. The van der Waals surface area contributed by atoms with Crippen LogP contribution in [0.15, 0.2) is 47.4 Å². The lowest BCUT2D eigenvalue weighted by molar-refractivity contribution is -0.136. The van der Waals surface area contributed by atoms with Crippen molar-refractivity contribution in [2.45, 2.75) is 30.2 Å². The summed E-state index contributed by atoms with van der Waals surface area (Å²) in [5, 5.41) is 0. The number of thioether (sulfide) groups is 1. The van der Waals surface area contributed by atoms with E-state index in [9.17, 15) is 9.59 Å². The predicted molar refractivity (Wildman–Crippen MR) is 122 cm³/mol. The number of amides is 2. The molecule has 0 N–H and O–H groups in total. The Hall–Kier alpha value is -2.67. The van der Waals surface area contributed by atoms with E-state index in [0.717, 1.165) is 40.5 Å². The molecule has 2 aromatic rings. The lowest BCUT2D eigenvalue weighted by Gasteiger charge is -2.28. The van der Waals surface area contributed by atoms with E-state index in [1.807, 2.05) is 53.6 Å². The van der Waals surface area contributed by atoms with Crippen LogP contribution in [0.1, 0.15) is 30.9 Å². The summed E-state index contributed by atoms with van der Waals surface area (Å²) in [7, 11) is 3.26. The molecule has 0 bridgehead atoms. The number of ether oxygens (including phenoxy) is 2. The van der Waals surface area contributed by atoms with Crippen LogP contribution in [-0.4, -0.2) is 50.3 Å². The first-order valence-corrected chi connectivity index (χ1v) is 11.7. The van der Waals surface area contributed by atoms with Gasteiger partial charge >= 0.3 is 0 Å². The average Bonchev–Trinajstić information content (AvgIpc) is 3.45. The highest BCUT2D eigenvalue weighted by molar-refractivity contribution is 7.98. The van der Waals surface area contributed by atoms with Crippen LogP contribution in [-0.2, 0) is 9.59 Å². The van der Waals surface area contributed by atoms with E-state index >= 15 is 0 Å². The molecule has 2 atom stereocenters. The van der Waals surface area contributed by atoms with Gasteiger partial charge in [-0.3, -0.25) is 9.59 Å². The zero-order valence-corrected chi connectivity index (χ0v) is 19.0. The largest absolute Gasteiger partial charge is 0.497 e. The van der Waals surface area contributed by atoms with Crippen LogP contribution in [0.4, 0.5) is 5.69 Å². The first-order chi connectivity index (χ1) is 15.0. The Bertz CT molecular complexity index is 963. The molecule has 0 aliphatic carbocycles. The van der Waals surface area contributed by atoms with Crippen LogP contribution in [0.3, 0.4) is 0 Å². The second-order valence-electron chi connectivity index (χ2n) is 7.90. The van der Waals surface area contributed by atoms with Gasteiger partial charge in [0, 0.05) is 41.7 Å². The van der Waals surface area contributed by atoms with Gasteiger partial charge in [0.2, 0.25) is 11.8 Å². The quantitative estimate of drug-likeness (QED) is 0.632. The van der Waals surface area contributed by atoms with Gasteiger partial charge in [0.05, 0.1) is 26.2 Å². The van der Waals surface area contributed by atoms with Gasteiger partial charge in [-0.15, -0.1) is 11.8 Å². The van der Waals surface area contributed by atoms with Crippen molar-refractivity contribution in [1.82, 2.24) is 4.90 Å². The van der Waals surface area contributed by atoms with Crippen molar-refractivity contribution in [1.29, 1.82) is 0 Å². The fraction of sp³-hybridized carbons (Fsp3) is 0.417. The lowest BCUT2D eigenvalue weighted by Crippen LogP contribution is -2.37. The Kier molecular flexibility index (Phi) is 6.41. The lowest BCUT2D eigenvalue weighted by atomic mass is 10.0. The summed E-state index contributed by atoms with van der Waals surface area (Å²) in [6.07, 6.45) is 4.10. The maximum atomic E-state index is 13.5. The summed E-state index contributed by atoms with van der Waals surface area (Å²) in [4.78, 5) is 31.0. The second-order valence-corrected chi connectivity index (χ2v) is 8.78. The molecule has 2 heterocycles. The van der Waals surface area contributed by atoms with Crippen molar-refractivity contribution in [3.63, 3.8) is 0 Å². The minimum Gasteiger partial charge on any atom is -0.497 e. The number of rotatable bonds is 6. The van der Waals surface area contributed by atoms with E-state index in [1.54, 1.807) is 30.9 Å². The molecule has 2 saturated heterocycles. The summed E-state index contributed by atoms with van der Waals surface area (Å²) in [6, 6.07) is 13.6. The van der Waals surface area contributed by atoms with E-state index in [1.165, 1.54) is 0 Å².